The first-order valence-electron chi connectivity index (χ1n) is 29.3. The van der Waals surface area contributed by atoms with Crippen molar-refractivity contribution in [2.24, 2.45) is 0 Å². The fraction of sp³-hybridized carbons (Fsp3) is 0.662. The number of esters is 1. The van der Waals surface area contributed by atoms with Crippen LogP contribution in [0.15, 0.2) is 122 Å². The van der Waals surface area contributed by atoms with E-state index < -0.39 is 18.2 Å². The number of hydrogen-bond acceptors (Lipinski definition) is 5. The zero-order valence-electron chi connectivity index (χ0n) is 46.1. The molecule has 0 saturated heterocycles. The highest BCUT2D eigenvalue weighted by Crippen LogP contribution is 2.17. The third-order valence-electron chi connectivity index (χ3n) is 12.6. The van der Waals surface area contributed by atoms with Crippen LogP contribution in [0.25, 0.3) is 0 Å². The van der Waals surface area contributed by atoms with Gasteiger partial charge in [-0.05, 0) is 89.9 Å². The summed E-state index contributed by atoms with van der Waals surface area (Å²) in [4.78, 5) is 26.3. The molecule has 0 fully saturated rings. The summed E-state index contributed by atoms with van der Waals surface area (Å²) < 4.78 is 5.93. The van der Waals surface area contributed by atoms with Gasteiger partial charge in [-0.1, -0.05) is 271 Å². The molecule has 0 rings (SSSR count). The molecule has 0 bridgehead atoms. The average molecular weight is 985 g/mol. The van der Waals surface area contributed by atoms with E-state index in [1.807, 2.05) is 36.5 Å². The number of carbonyl (C=O) groups is 2. The molecule has 3 unspecified atom stereocenters. The van der Waals surface area contributed by atoms with Gasteiger partial charge < -0.3 is 20.3 Å². The van der Waals surface area contributed by atoms with Gasteiger partial charge in [0.25, 0.3) is 0 Å². The molecule has 0 aliphatic carbocycles. The molecule has 404 valence electrons. The SMILES string of the molecule is CC/C=C\C/C=C\C/C=C\C/C=C\C/C=C\CCCCCC(=O)OC(CCCCC/C=C/C=C/C=C/C=C/C=C/CCC)CC(=O)NC(CO)C(O)CCCCCCCCCCCCCCCCCCC. The fourth-order valence-electron chi connectivity index (χ4n) is 8.25. The molecule has 71 heavy (non-hydrogen) atoms. The first-order chi connectivity index (χ1) is 35.0. The summed E-state index contributed by atoms with van der Waals surface area (Å²) in [5.74, 6) is -0.560. The van der Waals surface area contributed by atoms with Crippen LogP contribution in [-0.2, 0) is 14.3 Å². The minimum absolute atomic E-state index is 0.0284. The van der Waals surface area contributed by atoms with Crippen LogP contribution < -0.4 is 5.32 Å². The van der Waals surface area contributed by atoms with Gasteiger partial charge in [0.15, 0.2) is 0 Å². The average Bonchev–Trinajstić information content (AvgIpc) is 3.36. The Morgan fingerprint density at radius 2 is 0.845 bits per heavy atom. The van der Waals surface area contributed by atoms with Crippen LogP contribution >= 0.6 is 0 Å². The summed E-state index contributed by atoms with van der Waals surface area (Å²) >= 11 is 0. The number of nitrogens with one attached hydrogen (secondary N) is 1. The summed E-state index contributed by atoms with van der Waals surface area (Å²) in [6, 6.07) is -0.733. The van der Waals surface area contributed by atoms with Crippen LogP contribution in [0.5, 0.6) is 0 Å². The maximum atomic E-state index is 13.3. The Morgan fingerprint density at radius 3 is 1.34 bits per heavy atom. The fourth-order valence-corrected chi connectivity index (χ4v) is 8.25. The van der Waals surface area contributed by atoms with Crippen molar-refractivity contribution in [3.8, 4) is 0 Å². The molecule has 0 aromatic rings. The van der Waals surface area contributed by atoms with E-state index in [0.717, 1.165) is 116 Å². The largest absolute Gasteiger partial charge is 0.462 e. The molecule has 6 nitrogen and oxygen atoms in total. The van der Waals surface area contributed by atoms with Crippen molar-refractivity contribution in [2.75, 3.05) is 6.61 Å². The zero-order valence-corrected chi connectivity index (χ0v) is 46.1. The van der Waals surface area contributed by atoms with Crippen molar-refractivity contribution >= 4 is 11.9 Å². The van der Waals surface area contributed by atoms with Crippen molar-refractivity contribution < 1.29 is 24.5 Å². The Kier molecular flexibility index (Phi) is 54.2. The number of hydrogen-bond donors (Lipinski definition) is 3. The number of rotatable bonds is 51. The molecule has 6 heteroatoms. The minimum atomic E-state index is -0.815. The maximum Gasteiger partial charge on any atom is 0.306 e. The summed E-state index contributed by atoms with van der Waals surface area (Å²) in [6.45, 7) is 6.28. The summed E-state index contributed by atoms with van der Waals surface area (Å²) in [5.41, 5.74) is 0. The molecule has 3 atom stereocenters. The second kappa shape index (κ2) is 57.2. The van der Waals surface area contributed by atoms with E-state index in [9.17, 15) is 19.8 Å². The lowest BCUT2D eigenvalue weighted by molar-refractivity contribution is -0.151. The lowest BCUT2D eigenvalue weighted by Crippen LogP contribution is -2.46. The van der Waals surface area contributed by atoms with Crippen molar-refractivity contribution in [1.29, 1.82) is 0 Å². The van der Waals surface area contributed by atoms with Crippen LogP contribution in [0, 0.1) is 0 Å². The van der Waals surface area contributed by atoms with E-state index >= 15 is 0 Å². The smallest absolute Gasteiger partial charge is 0.306 e. The van der Waals surface area contributed by atoms with E-state index in [4.69, 9.17) is 4.74 Å². The Bertz CT molecular complexity index is 1480. The van der Waals surface area contributed by atoms with Gasteiger partial charge in [0.05, 0.1) is 25.2 Å². The Balaban J connectivity index is 4.71. The van der Waals surface area contributed by atoms with Crippen molar-refractivity contribution in [1.82, 2.24) is 5.32 Å². The minimum Gasteiger partial charge on any atom is -0.462 e. The highest BCUT2D eigenvalue weighted by molar-refractivity contribution is 5.77. The van der Waals surface area contributed by atoms with Crippen LogP contribution in [0.1, 0.15) is 252 Å². The van der Waals surface area contributed by atoms with Crippen LogP contribution in [-0.4, -0.2) is 46.9 Å². The van der Waals surface area contributed by atoms with Gasteiger partial charge in [0.2, 0.25) is 5.91 Å². The number of ether oxygens (including phenoxy) is 1. The third kappa shape index (κ3) is 52.4. The first-order valence-corrected chi connectivity index (χ1v) is 29.3. The standard InChI is InChI=1S/C65H109NO5/c1-4-7-10-13-16-19-22-25-28-31-32-34-37-40-43-46-49-52-55-58-65(70)71-61(56-53-50-47-44-41-38-35-30-27-24-21-18-15-12-9-6-3)59-64(69)66-62(60-67)63(68)57-54-51-48-45-42-39-36-33-29-26-23-20-17-14-11-8-5-2/h7,10,12,15-16,18-19,21,24-25,27-28,30,32,34-35,38,40-41,43,61-63,67-68H,4-6,8-9,11,13-14,17,20,22-23,26,29,31,33,36-37,39,42,44-60H2,1-3H3,(H,66,69)/b10-7-,15-12+,19-16-,21-18+,27-24+,28-25-,34-32-,35-30+,41-38+,43-40-. The van der Waals surface area contributed by atoms with Gasteiger partial charge in [-0.25, -0.2) is 0 Å². The summed E-state index contributed by atoms with van der Waals surface area (Å²) in [7, 11) is 0. The van der Waals surface area contributed by atoms with Crippen LogP contribution in [0.4, 0.5) is 0 Å². The molecule has 0 aromatic heterocycles. The van der Waals surface area contributed by atoms with Gasteiger partial charge >= 0.3 is 5.97 Å². The predicted octanol–water partition coefficient (Wildman–Crippen LogP) is 18.4. The molecule has 0 heterocycles. The van der Waals surface area contributed by atoms with E-state index in [1.165, 1.54) is 89.9 Å². The highest BCUT2D eigenvalue weighted by atomic mass is 16.5. The van der Waals surface area contributed by atoms with Gasteiger partial charge in [-0.2, -0.15) is 0 Å². The number of carbonyl (C=O) groups excluding carboxylic acids is 2. The Morgan fingerprint density at radius 1 is 0.437 bits per heavy atom. The second-order valence-electron chi connectivity index (χ2n) is 19.4. The van der Waals surface area contributed by atoms with E-state index in [0.29, 0.717) is 19.3 Å². The summed E-state index contributed by atoms with van der Waals surface area (Å²) in [5, 5.41) is 23.9. The van der Waals surface area contributed by atoms with E-state index in [1.54, 1.807) is 0 Å². The zero-order chi connectivity index (χ0) is 51.6. The molecule has 0 aromatic carbocycles. The van der Waals surface area contributed by atoms with Gasteiger partial charge in [0, 0.05) is 6.42 Å². The van der Waals surface area contributed by atoms with Gasteiger partial charge in [0.1, 0.15) is 6.10 Å². The first kappa shape index (κ1) is 67.3. The normalized spacial score (nSPS) is 14.0. The number of aliphatic hydroxyl groups is 2. The summed E-state index contributed by atoms with van der Waals surface area (Å²) in [6.07, 6.45) is 79.7. The Labute approximate surface area is 438 Å². The quantitative estimate of drug-likeness (QED) is 0.0244. The molecular weight excluding hydrogens is 875 g/mol. The molecular formula is C65H109NO5. The van der Waals surface area contributed by atoms with Crippen molar-refractivity contribution in [3.05, 3.63) is 122 Å². The second-order valence-corrected chi connectivity index (χ2v) is 19.4. The molecule has 0 radical (unpaired) electrons. The predicted molar refractivity (Wildman–Crippen MR) is 310 cm³/mol. The van der Waals surface area contributed by atoms with Gasteiger partial charge in [-0.3, -0.25) is 9.59 Å². The van der Waals surface area contributed by atoms with Crippen molar-refractivity contribution in [3.63, 3.8) is 0 Å². The lowest BCUT2D eigenvalue weighted by atomic mass is 10.0. The molecule has 1 amide bonds. The molecule has 0 saturated carbocycles. The maximum absolute atomic E-state index is 13.3. The van der Waals surface area contributed by atoms with Gasteiger partial charge in [-0.15, -0.1) is 0 Å². The highest BCUT2D eigenvalue weighted by Gasteiger charge is 2.24. The number of amides is 1. The third-order valence-corrected chi connectivity index (χ3v) is 12.6. The van der Waals surface area contributed by atoms with Crippen LogP contribution in [0.2, 0.25) is 0 Å². The Hall–Kier alpha value is -3.74. The number of allylic oxidation sites excluding steroid dienone is 20. The van der Waals surface area contributed by atoms with E-state index in [2.05, 4.69) is 111 Å². The number of aliphatic hydroxyl groups excluding tert-OH is 2. The molecule has 0 aliphatic heterocycles. The molecule has 3 N–H and O–H groups in total. The van der Waals surface area contributed by atoms with E-state index in [-0.39, 0.29) is 24.9 Å². The molecule has 0 spiro atoms. The lowest BCUT2D eigenvalue weighted by Gasteiger charge is -2.24. The van der Waals surface area contributed by atoms with Crippen LogP contribution in [0.3, 0.4) is 0 Å². The molecule has 0 aliphatic rings. The topological polar surface area (TPSA) is 95.9 Å². The van der Waals surface area contributed by atoms with Crippen molar-refractivity contribution in [2.45, 2.75) is 270 Å². The number of unbranched alkanes of at least 4 members (excludes halogenated alkanes) is 23. The monoisotopic (exact) mass is 984 g/mol.